The van der Waals surface area contributed by atoms with Crippen LogP contribution in [0.3, 0.4) is 0 Å². The van der Waals surface area contributed by atoms with Crippen molar-refractivity contribution in [1.82, 2.24) is 24.9 Å². The summed E-state index contributed by atoms with van der Waals surface area (Å²) >= 11 is 0. The van der Waals surface area contributed by atoms with E-state index in [1.807, 2.05) is 36.4 Å². The highest BCUT2D eigenvalue weighted by Crippen LogP contribution is 2.27. The number of amides is 1. The Labute approximate surface area is 173 Å². The molecule has 3 N–H and O–H groups in total. The van der Waals surface area contributed by atoms with E-state index in [-0.39, 0.29) is 11.7 Å². The first-order valence-electron chi connectivity index (χ1n) is 9.84. The molecular weight excluding hydrogens is 378 g/mol. The zero-order chi connectivity index (χ0) is 21.1. The molecule has 0 saturated carbocycles. The summed E-state index contributed by atoms with van der Waals surface area (Å²) in [5, 5.41) is 7.42. The Balaban J connectivity index is 1.83. The van der Waals surface area contributed by atoms with Crippen LogP contribution in [0.2, 0.25) is 0 Å². The summed E-state index contributed by atoms with van der Waals surface area (Å²) in [5.41, 5.74) is 9.77. The molecule has 4 rings (SSSR count). The van der Waals surface area contributed by atoms with Gasteiger partial charge in [-0.3, -0.25) is 9.78 Å². The summed E-state index contributed by atoms with van der Waals surface area (Å²) in [5.74, 6) is 0.408. The second kappa shape index (κ2) is 8.28. The van der Waals surface area contributed by atoms with Crippen LogP contribution in [0.5, 0.6) is 0 Å². The van der Waals surface area contributed by atoms with Crippen LogP contribution in [0.1, 0.15) is 36.2 Å². The van der Waals surface area contributed by atoms with E-state index in [9.17, 15) is 4.79 Å². The molecular formula is C22H23N7O. The Kier molecular flexibility index (Phi) is 5.38. The van der Waals surface area contributed by atoms with Crippen molar-refractivity contribution in [3.05, 3.63) is 59.9 Å². The molecule has 0 radical (unpaired) electrons. The number of hydrogen-bond acceptors (Lipinski definition) is 6. The van der Waals surface area contributed by atoms with Crippen LogP contribution in [0.4, 0.5) is 5.82 Å². The van der Waals surface area contributed by atoms with Crippen LogP contribution in [0.25, 0.3) is 22.2 Å². The Morgan fingerprint density at radius 1 is 1.17 bits per heavy atom. The summed E-state index contributed by atoms with van der Waals surface area (Å²) in [4.78, 5) is 26.3. The van der Waals surface area contributed by atoms with Gasteiger partial charge in [0.25, 0.3) is 5.91 Å². The molecule has 1 aromatic carbocycles. The van der Waals surface area contributed by atoms with Gasteiger partial charge in [0, 0.05) is 18.9 Å². The number of nitrogen functional groups attached to an aromatic ring is 1. The van der Waals surface area contributed by atoms with Gasteiger partial charge in [0.05, 0.1) is 17.2 Å². The number of aromatic nitrogens is 4. The van der Waals surface area contributed by atoms with E-state index in [0.717, 1.165) is 12.0 Å². The van der Waals surface area contributed by atoms with Crippen molar-refractivity contribution in [2.45, 2.75) is 20.3 Å². The summed E-state index contributed by atoms with van der Waals surface area (Å²) < 4.78 is 1.46. The molecule has 0 spiro atoms. The Bertz CT molecular complexity index is 1230. The smallest absolute Gasteiger partial charge is 0.257 e. The number of nitrogens with one attached hydrogen (secondary N) is 1. The fraction of sp³-hybridized carbons (Fsp3) is 0.227. The Morgan fingerprint density at radius 3 is 2.57 bits per heavy atom. The third kappa shape index (κ3) is 3.84. The molecule has 0 aliphatic heterocycles. The molecule has 3 aromatic heterocycles. The zero-order valence-corrected chi connectivity index (χ0v) is 16.9. The molecule has 8 heteroatoms. The molecule has 1 amide bonds. The van der Waals surface area contributed by atoms with E-state index < -0.39 is 0 Å². The standard InChI is InChI=1S/C22H23N7O/c1-14(2)7-12-25-22(30)18-19-21(28-17-6-4-3-5-16(17)27-19)29(20(18)23)26-13-15-8-10-24-11-9-15/h3-6,8-11,13-14H,7,12,23H2,1-2H3,(H,25,30)/b26-13-. The average Bonchev–Trinajstić information content (AvgIpc) is 3.01. The molecule has 0 atom stereocenters. The van der Waals surface area contributed by atoms with Gasteiger partial charge >= 0.3 is 0 Å². The normalized spacial score (nSPS) is 11.7. The fourth-order valence-corrected chi connectivity index (χ4v) is 3.12. The Morgan fingerprint density at radius 2 is 1.87 bits per heavy atom. The van der Waals surface area contributed by atoms with Crippen LogP contribution in [-0.4, -0.2) is 38.3 Å². The molecule has 0 aliphatic carbocycles. The predicted octanol–water partition coefficient (Wildman–Crippen LogP) is 3.22. The summed E-state index contributed by atoms with van der Waals surface area (Å²) in [6.45, 7) is 4.78. The van der Waals surface area contributed by atoms with Crippen molar-refractivity contribution in [2.75, 3.05) is 12.3 Å². The van der Waals surface area contributed by atoms with E-state index in [0.29, 0.717) is 40.2 Å². The predicted molar refractivity (Wildman–Crippen MR) is 118 cm³/mol. The first-order valence-corrected chi connectivity index (χ1v) is 9.84. The van der Waals surface area contributed by atoms with Crippen LogP contribution >= 0.6 is 0 Å². The van der Waals surface area contributed by atoms with Crippen molar-refractivity contribution in [2.24, 2.45) is 11.0 Å². The zero-order valence-electron chi connectivity index (χ0n) is 16.9. The van der Waals surface area contributed by atoms with Gasteiger partial charge in [-0.15, -0.1) is 0 Å². The number of carbonyl (C=O) groups excluding carboxylic acids is 1. The first-order chi connectivity index (χ1) is 14.5. The monoisotopic (exact) mass is 401 g/mol. The number of pyridine rings is 1. The highest BCUT2D eigenvalue weighted by molar-refractivity contribution is 6.10. The maximum absolute atomic E-state index is 13.0. The van der Waals surface area contributed by atoms with Gasteiger partial charge in [0.15, 0.2) is 5.65 Å². The van der Waals surface area contributed by atoms with Gasteiger partial charge in [-0.05, 0) is 42.2 Å². The average molecular weight is 401 g/mol. The summed E-state index contributed by atoms with van der Waals surface area (Å²) in [6, 6.07) is 11.1. The van der Waals surface area contributed by atoms with E-state index >= 15 is 0 Å². The van der Waals surface area contributed by atoms with E-state index in [1.165, 1.54) is 4.68 Å². The molecule has 8 nitrogen and oxygen atoms in total. The molecule has 0 unspecified atom stereocenters. The third-order valence-corrected chi connectivity index (χ3v) is 4.74. The van der Waals surface area contributed by atoms with Crippen LogP contribution in [-0.2, 0) is 0 Å². The van der Waals surface area contributed by atoms with Crippen molar-refractivity contribution in [3.63, 3.8) is 0 Å². The molecule has 4 aromatic rings. The lowest BCUT2D eigenvalue weighted by molar-refractivity contribution is 0.0954. The molecule has 3 heterocycles. The maximum Gasteiger partial charge on any atom is 0.257 e. The lowest BCUT2D eigenvalue weighted by atomic mass is 10.1. The minimum Gasteiger partial charge on any atom is -0.383 e. The quantitative estimate of drug-likeness (QED) is 0.482. The molecule has 0 saturated heterocycles. The Hall–Kier alpha value is -3.81. The first kappa shape index (κ1) is 19.5. The van der Waals surface area contributed by atoms with Crippen molar-refractivity contribution in [1.29, 1.82) is 0 Å². The van der Waals surface area contributed by atoms with E-state index in [2.05, 4.69) is 39.2 Å². The molecule has 0 fully saturated rings. The second-order valence-corrected chi connectivity index (χ2v) is 7.42. The summed E-state index contributed by atoms with van der Waals surface area (Å²) in [7, 11) is 0. The minimum absolute atomic E-state index is 0.202. The number of nitrogens with zero attached hydrogens (tertiary/aromatic N) is 5. The fourth-order valence-electron chi connectivity index (χ4n) is 3.12. The van der Waals surface area contributed by atoms with Crippen LogP contribution < -0.4 is 11.1 Å². The van der Waals surface area contributed by atoms with Gasteiger partial charge in [-0.25, -0.2) is 9.97 Å². The topological polar surface area (TPSA) is 111 Å². The number of hydrogen-bond donors (Lipinski definition) is 2. The highest BCUT2D eigenvalue weighted by Gasteiger charge is 2.23. The SMILES string of the molecule is CC(C)CCNC(=O)c1c(N)n(/N=C\c2ccncc2)c2nc3ccccc3nc12. The second-order valence-electron chi connectivity index (χ2n) is 7.42. The van der Waals surface area contributed by atoms with Crippen molar-refractivity contribution >= 4 is 40.1 Å². The van der Waals surface area contributed by atoms with E-state index in [4.69, 9.17) is 5.73 Å². The van der Waals surface area contributed by atoms with Gasteiger partial charge in [0.1, 0.15) is 16.9 Å². The number of nitrogens with two attached hydrogens (primary N) is 1. The minimum atomic E-state index is -0.277. The molecule has 152 valence electrons. The van der Waals surface area contributed by atoms with Gasteiger partial charge < -0.3 is 11.1 Å². The number of rotatable bonds is 6. The van der Waals surface area contributed by atoms with Crippen LogP contribution in [0.15, 0.2) is 53.9 Å². The van der Waals surface area contributed by atoms with Gasteiger partial charge in [0.2, 0.25) is 0 Å². The number of para-hydroxylation sites is 2. The number of fused-ring (bicyclic) bond motifs is 2. The third-order valence-electron chi connectivity index (χ3n) is 4.74. The van der Waals surface area contributed by atoms with Gasteiger partial charge in [-0.2, -0.15) is 9.78 Å². The maximum atomic E-state index is 13.0. The van der Waals surface area contributed by atoms with E-state index in [1.54, 1.807) is 18.6 Å². The molecule has 30 heavy (non-hydrogen) atoms. The van der Waals surface area contributed by atoms with Crippen molar-refractivity contribution in [3.8, 4) is 0 Å². The number of benzene rings is 1. The van der Waals surface area contributed by atoms with Crippen molar-refractivity contribution < 1.29 is 4.79 Å². The van der Waals surface area contributed by atoms with Gasteiger partial charge in [-0.1, -0.05) is 26.0 Å². The lowest BCUT2D eigenvalue weighted by Crippen LogP contribution is -2.26. The van der Waals surface area contributed by atoms with Crippen LogP contribution in [0, 0.1) is 5.92 Å². The number of carbonyl (C=O) groups is 1. The largest absolute Gasteiger partial charge is 0.383 e. The molecule has 0 bridgehead atoms. The summed E-state index contributed by atoms with van der Waals surface area (Å²) in [6.07, 6.45) is 5.88. The molecule has 0 aliphatic rings. The number of anilines is 1. The highest BCUT2D eigenvalue weighted by atomic mass is 16.1. The lowest BCUT2D eigenvalue weighted by Gasteiger charge is -2.07.